The van der Waals surface area contributed by atoms with Gasteiger partial charge in [0.15, 0.2) is 0 Å². The molecule has 3 aromatic carbocycles. The molecule has 27 heavy (non-hydrogen) atoms. The number of carbonyl (C=O) groups is 2. The molecule has 2 amide bonds. The van der Waals surface area contributed by atoms with E-state index in [9.17, 15) is 9.59 Å². The Kier molecular flexibility index (Phi) is 6.01. The van der Waals surface area contributed by atoms with Crippen molar-refractivity contribution >= 4 is 58.0 Å². The lowest BCUT2D eigenvalue weighted by atomic mass is 10.2. The summed E-state index contributed by atoms with van der Waals surface area (Å²) in [6.45, 7) is 0. The first-order valence-electron chi connectivity index (χ1n) is 7.86. The van der Waals surface area contributed by atoms with Crippen LogP contribution in [0.3, 0.4) is 0 Å². The summed E-state index contributed by atoms with van der Waals surface area (Å²) in [4.78, 5) is 24.6. The predicted molar refractivity (Wildman–Crippen MR) is 110 cm³/mol. The van der Waals surface area contributed by atoms with Crippen molar-refractivity contribution in [3.63, 3.8) is 0 Å². The molecule has 0 bridgehead atoms. The van der Waals surface area contributed by atoms with Crippen LogP contribution in [0.2, 0.25) is 15.1 Å². The minimum atomic E-state index is -0.395. The maximum atomic E-state index is 12.4. The Morgan fingerprint density at radius 3 is 2.11 bits per heavy atom. The first-order valence-corrected chi connectivity index (χ1v) is 9.00. The van der Waals surface area contributed by atoms with Crippen LogP contribution in [0.4, 0.5) is 11.4 Å². The minimum Gasteiger partial charge on any atom is -0.322 e. The van der Waals surface area contributed by atoms with E-state index in [0.717, 1.165) is 0 Å². The Labute approximate surface area is 171 Å². The smallest absolute Gasteiger partial charge is 0.257 e. The first-order chi connectivity index (χ1) is 12.9. The molecule has 0 saturated carbocycles. The van der Waals surface area contributed by atoms with Crippen molar-refractivity contribution in [3.8, 4) is 0 Å². The van der Waals surface area contributed by atoms with Gasteiger partial charge in [-0.25, -0.2) is 0 Å². The largest absolute Gasteiger partial charge is 0.322 e. The summed E-state index contributed by atoms with van der Waals surface area (Å²) in [6, 6.07) is 18.2. The van der Waals surface area contributed by atoms with Crippen LogP contribution in [0.15, 0.2) is 66.7 Å². The molecule has 0 fully saturated rings. The molecule has 0 aromatic heterocycles. The molecule has 136 valence electrons. The van der Waals surface area contributed by atoms with Crippen LogP contribution in [-0.4, -0.2) is 11.8 Å². The highest BCUT2D eigenvalue weighted by molar-refractivity contribution is 6.37. The summed E-state index contributed by atoms with van der Waals surface area (Å²) >= 11 is 18.1. The Hall–Kier alpha value is -2.53. The fourth-order valence-electron chi connectivity index (χ4n) is 2.35. The molecule has 3 aromatic rings. The van der Waals surface area contributed by atoms with Gasteiger partial charge in [0.25, 0.3) is 11.8 Å². The number of rotatable bonds is 4. The molecule has 0 atom stereocenters. The molecule has 2 N–H and O–H groups in total. The van der Waals surface area contributed by atoms with Crippen molar-refractivity contribution in [2.45, 2.75) is 0 Å². The number of benzene rings is 3. The fourth-order valence-corrected chi connectivity index (χ4v) is 3.07. The normalized spacial score (nSPS) is 10.3. The monoisotopic (exact) mass is 418 g/mol. The number of anilines is 2. The predicted octanol–water partition coefficient (Wildman–Crippen LogP) is 6.15. The summed E-state index contributed by atoms with van der Waals surface area (Å²) in [5.74, 6) is -0.670. The van der Waals surface area contributed by atoms with Gasteiger partial charge in [0.1, 0.15) is 0 Å². The zero-order valence-corrected chi connectivity index (χ0v) is 16.1. The van der Waals surface area contributed by atoms with E-state index in [1.165, 1.54) is 12.1 Å². The highest BCUT2D eigenvalue weighted by atomic mass is 35.5. The molecule has 0 unspecified atom stereocenters. The quantitative estimate of drug-likeness (QED) is 0.533. The number of halogens is 3. The van der Waals surface area contributed by atoms with Crippen molar-refractivity contribution in [3.05, 3.63) is 92.9 Å². The lowest BCUT2D eigenvalue weighted by Crippen LogP contribution is -2.14. The van der Waals surface area contributed by atoms with Crippen molar-refractivity contribution < 1.29 is 9.59 Å². The molecule has 0 heterocycles. The average molecular weight is 420 g/mol. The Morgan fingerprint density at radius 2 is 1.44 bits per heavy atom. The molecule has 0 saturated heterocycles. The van der Waals surface area contributed by atoms with Crippen LogP contribution in [0.5, 0.6) is 0 Å². The van der Waals surface area contributed by atoms with E-state index in [1.807, 2.05) is 6.07 Å². The van der Waals surface area contributed by atoms with Crippen LogP contribution in [0.1, 0.15) is 20.7 Å². The van der Waals surface area contributed by atoms with Gasteiger partial charge in [0.05, 0.1) is 21.3 Å². The second kappa shape index (κ2) is 8.44. The first kappa shape index (κ1) is 19.2. The third-order valence-electron chi connectivity index (χ3n) is 3.69. The second-order valence-corrected chi connectivity index (χ2v) is 6.84. The lowest BCUT2D eigenvalue weighted by molar-refractivity contribution is 0.101. The van der Waals surface area contributed by atoms with E-state index in [0.29, 0.717) is 32.5 Å². The van der Waals surface area contributed by atoms with E-state index in [2.05, 4.69) is 10.6 Å². The summed E-state index contributed by atoms with van der Waals surface area (Å²) in [5, 5.41) is 6.42. The van der Waals surface area contributed by atoms with Crippen molar-refractivity contribution in [1.29, 1.82) is 0 Å². The Morgan fingerprint density at radius 1 is 0.704 bits per heavy atom. The lowest BCUT2D eigenvalue weighted by Gasteiger charge is -2.11. The van der Waals surface area contributed by atoms with Crippen molar-refractivity contribution in [2.24, 2.45) is 0 Å². The number of hydrogen-bond acceptors (Lipinski definition) is 2. The molecule has 3 rings (SSSR count). The molecule has 0 radical (unpaired) electrons. The second-order valence-electron chi connectivity index (χ2n) is 5.59. The van der Waals surface area contributed by atoms with Gasteiger partial charge < -0.3 is 10.6 Å². The highest BCUT2D eigenvalue weighted by Crippen LogP contribution is 2.27. The number of nitrogens with one attached hydrogen (secondary N) is 2. The van der Waals surface area contributed by atoms with Crippen LogP contribution < -0.4 is 10.6 Å². The summed E-state index contributed by atoms with van der Waals surface area (Å²) < 4.78 is 0. The third kappa shape index (κ3) is 4.80. The topological polar surface area (TPSA) is 58.2 Å². The van der Waals surface area contributed by atoms with E-state index in [-0.39, 0.29) is 10.9 Å². The molecule has 4 nitrogen and oxygen atoms in total. The van der Waals surface area contributed by atoms with Gasteiger partial charge in [-0.15, -0.1) is 0 Å². The van der Waals surface area contributed by atoms with Crippen molar-refractivity contribution in [2.75, 3.05) is 10.6 Å². The van der Waals surface area contributed by atoms with Crippen LogP contribution in [0, 0.1) is 0 Å². The maximum Gasteiger partial charge on any atom is 0.257 e. The van der Waals surface area contributed by atoms with Gasteiger partial charge in [0, 0.05) is 16.3 Å². The Bertz CT molecular complexity index is 1010. The average Bonchev–Trinajstić information content (AvgIpc) is 2.64. The summed E-state index contributed by atoms with van der Waals surface area (Å²) in [5.41, 5.74) is 1.71. The molecule has 0 aliphatic heterocycles. The van der Waals surface area contributed by atoms with Crippen LogP contribution in [-0.2, 0) is 0 Å². The number of carbonyl (C=O) groups excluding carboxylic acids is 2. The van der Waals surface area contributed by atoms with Gasteiger partial charge in [-0.3, -0.25) is 9.59 Å². The molecule has 0 aliphatic rings. The zero-order chi connectivity index (χ0) is 19.4. The standard InChI is InChI=1S/C20H13Cl3N2O2/c21-13-6-8-15(16(22)10-13)20(27)24-14-7-9-18(17(23)11-14)25-19(26)12-4-2-1-3-5-12/h1-11H,(H,24,27)(H,25,26). The van der Waals surface area contributed by atoms with Gasteiger partial charge >= 0.3 is 0 Å². The maximum absolute atomic E-state index is 12.4. The van der Waals surface area contributed by atoms with E-state index < -0.39 is 5.91 Å². The minimum absolute atomic E-state index is 0.248. The summed E-state index contributed by atoms with van der Waals surface area (Å²) in [7, 11) is 0. The van der Waals surface area contributed by atoms with E-state index in [1.54, 1.807) is 48.5 Å². The van der Waals surface area contributed by atoms with Crippen LogP contribution in [0.25, 0.3) is 0 Å². The molecule has 0 aliphatic carbocycles. The molecule has 0 spiro atoms. The number of amides is 2. The Balaban J connectivity index is 1.73. The third-order valence-corrected chi connectivity index (χ3v) is 4.55. The van der Waals surface area contributed by atoms with Gasteiger partial charge in [0.2, 0.25) is 0 Å². The number of hydrogen-bond donors (Lipinski definition) is 2. The van der Waals surface area contributed by atoms with Gasteiger partial charge in [-0.05, 0) is 48.5 Å². The molecule has 7 heteroatoms. The molecular formula is C20H13Cl3N2O2. The summed E-state index contributed by atoms with van der Waals surface area (Å²) in [6.07, 6.45) is 0. The van der Waals surface area contributed by atoms with Gasteiger partial charge in [-0.1, -0.05) is 53.0 Å². The van der Waals surface area contributed by atoms with E-state index in [4.69, 9.17) is 34.8 Å². The molecular weight excluding hydrogens is 407 g/mol. The highest BCUT2D eigenvalue weighted by Gasteiger charge is 2.13. The van der Waals surface area contributed by atoms with Gasteiger partial charge in [-0.2, -0.15) is 0 Å². The van der Waals surface area contributed by atoms with Crippen LogP contribution >= 0.6 is 34.8 Å². The zero-order valence-electron chi connectivity index (χ0n) is 13.8. The van der Waals surface area contributed by atoms with E-state index >= 15 is 0 Å². The fraction of sp³-hybridized carbons (Fsp3) is 0. The SMILES string of the molecule is O=C(Nc1ccc(NC(=O)c2ccc(Cl)cc2Cl)cc1Cl)c1ccccc1. The van der Waals surface area contributed by atoms with Crippen molar-refractivity contribution in [1.82, 2.24) is 0 Å².